The van der Waals surface area contributed by atoms with Crippen LogP contribution in [-0.4, -0.2) is 29.0 Å². The first-order valence-corrected chi connectivity index (χ1v) is 5.12. The highest BCUT2D eigenvalue weighted by Gasteiger charge is 2.22. The molecular formula is C12H12FNO2. The van der Waals surface area contributed by atoms with Gasteiger partial charge in [-0.15, -0.1) is 0 Å². The normalized spacial score (nSPS) is 15.2. The summed E-state index contributed by atoms with van der Waals surface area (Å²) >= 11 is 0. The van der Waals surface area contributed by atoms with Crippen LogP contribution in [0.5, 0.6) is 5.75 Å². The summed E-state index contributed by atoms with van der Waals surface area (Å²) in [6.45, 7) is 1.02. The van der Waals surface area contributed by atoms with E-state index in [2.05, 4.69) is 0 Å². The zero-order chi connectivity index (χ0) is 11.5. The largest absolute Gasteiger partial charge is 0.507 e. The Morgan fingerprint density at radius 1 is 1.38 bits per heavy atom. The van der Waals surface area contributed by atoms with Crippen molar-refractivity contribution >= 4 is 5.91 Å². The SMILES string of the molecule is O=C(c1c(O)cccc1F)N1CC=CCC1. The zero-order valence-corrected chi connectivity index (χ0v) is 8.69. The Kier molecular flexibility index (Phi) is 2.90. The minimum atomic E-state index is -0.681. The molecule has 0 radical (unpaired) electrons. The Hall–Kier alpha value is -1.84. The van der Waals surface area contributed by atoms with Crippen LogP contribution < -0.4 is 0 Å². The average Bonchev–Trinajstić information content (AvgIpc) is 2.30. The third kappa shape index (κ3) is 1.91. The summed E-state index contributed by atoms with van der Waals surface area (Å²) in [6.07, 6.45) is 4.60. The lowest BCUT2D eigenvalue weighted by Gasteiger charge is -2.23. The Morgan fingerprint density at radius 3 is 2.81 bits per heavy atom. The molecule has 1 N–H and O–H groups in total. The molecule has 0 unspecified atom stereocenters. The van der Waals surface area contributed by atoms with Crippen molar-refractivity contribution in [1.82, 2.24) is 4.90 Å². The van der Waals surface area contributed by atoms with Gasteiger partial charge >= 0.3 is 0 Å². The second-order valence-electron chi connectivity index (χ2n) is 3.65. The fraction of sp³-hybridized carbons (Fsp3) is 0.250. The van der Waals surface area contributed by atoms with E-state index in [0.717, 1.165) is 6.42 Å². The third-order valence-electron chi connectivity index (χ3n) is 2.55. The lowest BCUT2D eigenvalue weighted by atomic mass is 10.1. The van der Waals surface area contributed by atoms with E-state index in [1.165, 1.54) is 23.1 Å². The number of nitrogens with zero attached hydrogens (tertiary/aromatic N) is 1. The summed E-state index contributed by atoms with van der Waals surface area (Å²) in [5, 5.41) is 9.49. The monoisotopic (exact) mass is 221 g/mol. The quantitative estimate of drug-likeness (QED) is 0.736. The molecule has 4 heteroatoms. The van der Waals surface area contributed by atoms with E-state index in [1.807, 2.05) is 12.2 Å². The molecule has 0 atom stereocenters. The Bertz CT molecular complexity index is 422. The number of aromatic hydroxyl groups is 1. The first-order valence-electron chi connectivity index (χ1n) is 5.12. The molecular weight excluding hydrogens is 209 g/mol. The van der Waals surface area contributed by atoms with Gasteiger partial charge in [-0.3, -0.25) is 4.79 Å². The predicted molar refractivity (Wildman–Crippen MR) is 57.7 cm³/mol. The maximum Gasteiger partial charge on any atom is 0.260 e. The molecule has 0 spiro atoms. The van der Waals surface area contributed by atoms with Gasteiger partial charge in [-0.05, 0) is 18.6 Å². The molecule has 1 amide bonds. The van der Waals surface area contributed by atoms with Gasteiger partial charge in [-0.1, -0.05) is 18.2 Å². The molecule has 0 bridgehead atoms. The molecule has 1 heterocycles. The number of rotatable bonds is 1. The molecule has 0 saturated carbocycles. The van der Waals surface area contributed by atoms with Crippen molar-refractivity contribution in [2.24, 2.45) is 0 Å². The predicted octanol–water partition coefficient (Wildman–Crippen LogP) is 1.93. The number of hydrogen-bond donors (Lipinski definition) is 1. The van der Waals surface area contributed by atoms with Gasteiger partial charge in [-0.2, -0.15) is 0 Å². The minimum Gasteiger partial charge on any atom is -0.507 e. The topological polar surface area (TPSA) is 40.5 Å². The number of hydrogen-bond acceptors (Lipinski definition) is 2. The second kappa shape index (κ2) is 4.35. The van der Waals surface area contributed by atoms with Gasteiger partial charge in [0.25, 0.3) is 5.91 Å². The number of halogens is 1. The van der Waals surface area contributed by atoms with Gasteiger partial charge in [0, 0.05) is 13.1 Å². The molecule has 1 aromatic rings. The molecule has 0 fully saturated rings. The number of carbonyl (C=O) groups excluding carboxylic acids is 1. The Labute approximate surface area is 92.8 Å². The maximum atomic E-state index is 13.4. The number of carbonyl (C=O) groups is 1. The van der Waals surface area contributed by atoms with Gasteiger partial charge in [0.05, 0.1) is 0 Å². The van der Waals surface area contributed by atoms with Gasteiger partial charge in [0.15, 0.2) is 0 Å². The van der Waals surface area contributed by atoms with Crippen LogP contribution in [0.1, 0.15) is 16.8 Å². The fourth-order valence-electron chi connectivity index (χ4n) is 1.71. The first kappa shape index (κ1) is 10.7. The van der Waals surface area contributed by atoms with Crippen LogP contribution in [-0.2, 0) is 0 Å². The van der Waals surface area contributed by atoms with Crippen LogP contribution in [0.2, 0.25) is 0 Å². The van der Waals surface area contributed by atoms with Crippen LogP contribution in [0.15, 0.2) is 30.4 Å². The van der Waals surface area contributed by atoms with Gasteiger partial charge in [0.1, 0.15) is 17.1 Å². The highest BCUT2D eigenvalue weighted by atomic mass is 19.1. The molecule has 84 valence electrons. The number of phenols is 1. The van der Waals surface area contributed by atoms with Crippen molar-refractivity contribution in [1.29, 1.82) is 0 Å². The summed E-state index contributed by atoms with van der Waals surface area (Å²) in [4.78, 5) is 13.4. The van der Waals surface area contributed by atoms with Gasteiger partial charge in [0.2, 0.25) is 0 Å². The Balaban J connectivity index is 2.30. The number of phenolic OH excluding ortho intramolecular Hbond substituents is 1. The van der Waals surface area contributed by atoms with Crippen LogP contribution in [0, 0.1) is 5.82 Å². The van der Waals surface area contributed by atoms with Crippen molar-refractivity contribution in [3.63, 3.8) is 0 Å². The summed E-state index contributed by atoms with van der Waals surface area (Å²) < 4.78 is 13.4. The highest BCUT2D eigenvalue weighted by molar-refractivity contribution is 5.97. The molecule has 3 nitrogen and oxygen atoms in total. The van der Waals surface area contributed by atoms with Crippen LogP contribution in [0.3, 0.4) is 0 Å². The van der Waals surface area contributed by atoms with Crippen molar-refractivity contribution in [2.75, 3.05) is 13.1 Å². The van der Waals surface area contributed by atoms with Crippen molar-refractivity contribution in [3.8, 4) is 5.75 Å². The second-order valence-corrected chi connectivity index (χ2v) is 3.65. The lowest BCUT2D eigenvalue weighted by Crippen LogP contribution is -2.34. The number of amides is 1. The lowest BCUT2D eigenvalue weighted by molar-refractivity contribution is 0.0763. The fourth-order valence-corrected chi connectivity index (χ4v) is 1.71. The van der Waals surface area contributed by atoms with Crippen molar-refractivity contribution in [2.45, 2.75) is 6.42 Å². The van der Waals surface area contributed by atoms with E-state index in [-0.39, 0.29) is 11.3 Å². The van der Waals surface area contributed by atoms with Gasteiger partial charge in [-0.25, -0.2) is 4.39 Å². The summed E-state index contributed by atoms with van der Waals surface area (Å²) in [5.74, 6) is -1.45. The molecule has 16 heavy (non-hydrogen) atoms. The van der Waals surface area contributed by atoms with E-state index in [1.54, 1.807) is 0 Å². The van der Waals surface area contributed by atoms with E-state index >= 15 is 0 Å². The maximum absolute atomic E-state index is 13.4. The summed E-state index contributed by atoms with van der Waals surface area (Å²) in [6, 6.07) is 3.86. The van der Waals surface area contributed by atoms with E-state index in [4.69, 9.17) is 0 Å². The minimum absolute atomic E-state index is 0.238. The highest BCUT2D eigenvalue weighted by Crippen LogP contribution is 2.22. The molecule has 1 aromatic carbocycles. The van der Waals surface area contributed by atoms with Crippen LogP contribution in [0.4, 0.5) is 4.39 Å². The molecule has 1 aliphatic rings. The molecule has 0 aromatic heterocycles. The zero-order valence-electron chi connectivity index (χ0n) is 8.69. The van der Waals surface area contributed by atoms with E-state index in [0.29, 0.717) is 13.1 Å². The average molecular weight is 221 g/mol. The standard InChI is InChI=1S/C12H12FNO2/c13-9-5-4-6-10(15)11(9)12(16)14-7-2-1-3-8-14/h1-2,4-6,15H,3,7-8H2. The number of benzene rings is 1. The van der Waals surface area contributed by atoms with Crippen molar-refractivity contribution in [3.05, 3.63) is 41.7 Å². The molecule has 0 saturated heterocycles. The first-order chi connectivity index (χ1) is 7.70. The van der Waals surface area contributed by atoms with E-state index < -0.39 is 11.7 Å². The smallest absolute Gasteiger partial charge is 0.260 e. The van der Waals surface area contributed by atoms with Gasteiger partial charge < -0.3 is 10.0 Å². The summed E-state index contributed by atoms with van der Waals surface area (Å²) in [5.41, 5.74) is -0.238. The molecule has 1 aliphatic heterocycles. The summed E-state index contributed by atoms with van der Waals surface area (Å²) in [7, 11) is 0. The third-order valence-corrected chi connectivity index (χ3v) is 2.55. The van der Waals surface area contributed by atoms with Crippen LogP contribution in [0.25, 0.3) is 0 Å². The molecule has 2 rings (SSSR count). The molecule has 0 aliphatic carbocycles. The van der Waals surface area contributed by atoms with Crippen molar-refractivity contribution < 1.29 is 14.3 Å². The van der Waals surface area contributed by atoms with Crippen LogP contribution >= 0.6 is 0 Å². The van der Waals surface area contributed by atoms with E-state index in [9.17, 15) is 14.3 Å². The Morgan fingerprint density at radius 2 is 2.19 bits per heavy atom.